The van der Waals surface area contributed by atoms with Gasteiger partial charge in [-0.05, 0) is 12.1 Å². The molecule has 3 aromatic rings. The van der Waals surface area contributed by atoms with Gasteiger partial charge in [0, 0.05) is 0 Å². The number of anilines is 1. The highest BCUT2D eigenvalue weighted by molar-refractivity contribution is 5.38. The van der Waals surface area contributed by atoms with E-state index in [1.807, 2.05) is 36.5 Å². The number of aromatic nitrogens is 4. The Balaban J connectivity index is 1.99. The summed E-state index contributed by atoms with van der Waals surface area (Å²) in [6.07, 6.45) is 7.02. The molecular weight excluding hydrogens is 214 g/mol. The smallest absolute Gasteiger partial charge is 0.103 e. The number of benzene rings is 1. The minimum absolute atomic E-state index is 0.637. The van der Waals surface area contributed by atoms with Gasteiger partial charge in [-0.3, -0.25) is 0 Å². The first-order valence-electron chi connectivity index (χ1n) is 5.23. The van der Waals surface area contributed by atoms with Crippen LogP contribution < -0.4 is 5.73 Å². The van der Waals surface area contributed by atoms with E-state index in [1.165, 1.54) is 0 Å². The van der Waals surface area contributed by atoms with Crippen molar-refractivity contribution in [3.8, 4) is 11.4 Å². The van der Waals surface area contributed by atoms with Crippen molar-refractivity contribution in [2.45, 2.75) is 0 Å². The molecule has 1 aromatic carbocycles. The highest BCUT2D eigenvalue weighted by atomic mass is 15.3. The second kappa shape index (κ2) is 3.79. The normalized spacial score (nSPS) is 10.6. The average Bonchev–Trinajstić information content (AvgIpc) is 2.98. The van der Waals surface area contributed by atoms with Gasteiger partial charge in [-0.1, -0.05) is 18.2 Å². The van der Waals surface area contributed by atoms with Gasteiger partial charge in [-0.2, -0.15) is 10.2 Å². The molecule has 17 heavy (non-hydrogen) atoms. The maximum Gasteiger partial charge on any atom is 0.103 e. The Morgan fingerprint density at radius 2 is 1.53 bits per heavy atom. The third-order valence-corrected chi connectivity index (χ3v) is 2.46. The quantitative estimate of drug-likeness (QED) is 0.721. The van der Waals surface area contributed by atoms with Gasteiger partial charge >= 0.3 is 0 Å². The average molecular weight is 225 g/mol. The number of rotatable bonds is 2. The van der Waals surface area contributed by atoms with E-state index in [0.717, 1.165) is 11.4 Å². The fraction of sp³-hybridized carbons (Fsp3) is 0. The molecule has 3 rings (SSSR count). The van der Waals surface area contributed by atoms with Gasteiger partial charge < -0.3 is 5.73 Å². The zero-order valence-corrected chi connectivity index (χ0v) is 9.06. The van der Waals surface area contributed by atoms with Crippen LogP contribution in [-0.4, -0.2) is 19.6 Å². The first kappa shape index (κ1) is 9.65. The number of para-hydroxylation sites is 1. The van der Waals surface area contributed by atoms with Crippen LogP contribution in [0.1, 0.15) is 0 Å². The lowest BCUT2D eigenvalue weighted by atomic mass is 10.3. The van der Waals surface area contributed by atoms with E-state index < -0.39 is 0 Å². The molecule has 0 radical (unpaired) electrons. The molecule has 2 N–H and O–H groups in total. The zero-order chi connectivity index (χ0) is 11.7. The van der Waals surface area contributed by atoms with Crippen molar-refractivity contribution < 1.29 is 0 Å². The van der Waals surface area contributed by atoms with Gasteiger partial charge in [0.1, 0.15) is 5.69 Å². The van der Waals surface area contributed by atoms with Crippen molar-refractivity contribution in [3.05, 3.63) is 55.1 Å². The molecule has 0 amide bonds. The van der Waals surface area contributed by atoms with Crippen molar-refractivity contribution >= 4 is 5.69 Å². The molecule has 0 unspecified atom stereocenters. The molecule has 2 heterocycles. The predicted octanol–water partition coefficient (Wildman–Crippen LogP) is 1.64. The summed E-state index contributed by atoms with van der Waals surface area (Å²) >= 11 is 0. The molecule has 0 aliphatic carbocycles. The number of hydrogen-bond donors (Lipinski definition) is 1. The van der Waals surface area contributed by atoms with Crippen LogP contribution in [0.3, 0.4) is 0 Å². The van der Waals surface area contributed by atoms with E-state index in [2.05, 4.69) is 10.2 Å². The first-order chi connectivity index (χ1) is 8.33. The summed E-state index contributed by atoms with van der Waals surface area (Å²) in [5.74, 6) is 0. The second-order valence-corrected chi connectivity index (χ2v) is 3.70. The predicted molar refractivity (Wildman–Crippen MR) is 65.1 cm³/mol. The molecule has 5 heteroatoms. The molecule has 0 fully saturated rings. The Morgan fingerprint density at radius 3 is 2.24 bits per heavy atom. The number of nitrogens with zero attached hydrogens (tertiary/aromatic N) is 4. The minimum atomic E-state index is 0.637. The molecule has 0 bridgehead atoms. The van der Waals surface area contributed by atoms with E-state index in [4.69, 9.17) is 5.73 Å². The molecule has 0 spiro atoms. The summed E-state index contributed by atoms with van der Waals surface area (Å²) in [5.41, 5.74) is 8.15. The summed E-state index contributed by atoms with van der Waals surface area (Å²) in [4.78, 5) is 0. The first-order valence-corrected chi connectivity index (χ1v) is 5.23. The SMILES string of the molecule is Nc1cnn(-c2cnn(-c3ccccc3)c2)c1. The summed E-state index contributed by atoms with van der Waals surface area (Å²) in [6.45, 7) is 0. The summed E-state index contributed by atoms with van der Waals surface area (Å²) in [7, 11) is 0. The van der Waals surface area contributed by atoms with Crippen LogP contribution in [0, 0.1) is 0 Å². The molecule has 0 saturated heterocycles. The molecule has 5 nitrogen and oxygen atoms in total. The molecule has 2 aromatic heterocycles. The lowest BCUT2D eigenvalue weighted by Gasteiger charge is -1.99. The number of nitrogen functional groups attached to an aromatic ring is 1. The lowest BCUT2D eigenvalue weighted by molar-refractivity contribution is 0.868. The highest BCUT2D eigenvalue weighted by Crippen LogP contribution is 2.11. The van der Waals surface area contributed by atoms with Gasteiger partial charge in [0.15, 0.2) is 0 Å². The van der Waals surface area contributed by atoms with Crippen molar-refractivity contribution in [3.63, 3.8) is 0 Å². The summed E-state index contributed by atoms with van der Waals surface area (Å²) < 4.78 is 3.50. The van der Waals surface area contributed by atoms with Crippen LogP contribution in [0.2, 0.25) is 0 Å². The van der Waals surface area contributed by atoms with E-state index in [0.29, 0.717) is 5.69 Å². The molecule has 0 saturated carbocycles. The molecule has 0 aliphatic rings. The van der Waals surface area contributed by atoms with E-state index in [1.54, 1.807) is 28.0 Å². The van der Waals surface area contributed by atoms with Crippen LogP contribution in [0.4, 0.5) is 5.69 Å². The standard InChI is InChI=1S/C12H11N5/c13-10-6-14-16(8-10)12-7-15-17(9-12)11-4-2-1-3-5-11/h1-9H,13H2. The Morgan fingerprint density at radius 1 is 0.824 bits per heavy atom. The van der Waals surface area contributed by atoms with Gasteiger partial charge in [-0.25, -0.2) is 9.36 Å². The summed E-state index contributed by atoms with van der Waals surface area (Å²) in [6, 6.07) is 9.91. The number of nitrogens with two attached hydrogens (primary N) is 1. The maximum absolute atomic E-state index is 5.62. The van der Waals surface area contributed by atoms with Crippen LogP contribution >= 0.6 is 0 Å². The van der Waals surface area contributed by atoms with Crippen molar-refractivity contribution in [2.24, 2.45) is 0 Å². The molecular formula is C12H11N5. The van der Waals surface area contributed by atoms with Crippen LogP contribution in [-0.2, 0) is 0 Å². The van der Waals surface area contributed by atoms with Gasteiger partial charge in [-0.15, -0.1) is 0 Å². The molecule has 0 aliphatic heterocycles. The van der Waals surface area contributed by atoms with Crippen LogP contribution in [0.5, 0.6) is 0 Å². The fourth-order valence-electron chi connectivity index (χ4n) is 1.63. The summed E-state index contributed by atoms with van der Waals surface area (Å²) in [5, 5.41) is 8.42. The number of hydrogen-bond acceptors (Lipinski definition) is 3. The fourth-order valence-corrected chi connectivity index (χ4v) is 1.63. The third kappa shape index (κ3) is 1.78. The molecule has 84 valence electrons. The van der Waals surface area contributed by atoms with E-state index in [9.17, 15) is 0 Å². The monoisotopic (exact) mass is 225 g/mol. The molecule has 0 atom stereocenters. The second-order valence-electron chi connectivity index (χ2n) is 3.70. The maximum atomic E-state index is 5.62. The van der Waals surface area contributed by atoms with Crippen LogP contribution in [0.15, 0.2) is 55.1 Å². The van der Waals surface area contributed by atoms with Crippen molar-refractivity contribution in [2.75, 3.05) is 5.73 Å². The highest BCUT2D eigenvalue weighted by Gasteiger charge is 2.03. The van der Waals surface area contributed by atoms with E-state index in [-0.39, 0.29) is 0 Å². The van der Waals surface area contributed by atoms with Gasteiger partial charge in [0.05, 0.1) is 36.2 Å². The van der Waals surface area contributed by atoms with Crippen molar-refractivity contribution in [1.29, 1.82) is 0 Å². The third-order valence-electron chi connectivity index (χ3n) is 2.46. The Kier molecular flexibility index (Phi) is 2.15. The van der Waals surface area contributed by atoms with Crippen LogP contribution in [0.25, 0.3) is 11.4 Å². The lowest BCUT2D eigenvalue weighted by Crippen LogP contribution is -1.94. The van der Waals surface area contributed by atoms with Crippen molar-refractivity contribution in [1.82, 2.24) is 19.6 Å². The minimum Gasteiger partial charge on any atom is -0.396 e. The zero-order valence-electron chi connectivity index (χ0n) is 9.06. The van der Waals surface area contributed by atoms with Gasteiger partial charge in [0.2, 0.25) is 0 Å². The topological polar surface area (TPSA) is 61.7 Å². The Labute approximate surface area is 98.1 Å². The van der Waals surface area contributed by atoms with Gasteiger partial charge in [0.25, 0.3) is 0 Å². The Hall–Kier alpha value is -2.56. The largest absolute Gasteiger partial charge is 0.396 e. The van der Waals surface area contributed by atoms with E-state index >= 15 is 0 Å². The Bertz CT molecular complexity index is 623.